The maximum absolute atomic E-state index is 13.0. The number of fused-ring (bicyclic) bond motifs is 1. The van der Waals surface area contributed by atoms with Crippen LogP contribution in [0.25, 0.3) is 11.3 Å². The Bertz CT molecular complexity index is 805. The first-order valence-corrected chi connectivity index (χ1v) is 10.2. The van der Waals surface area contributed by atoms with Crippen molar-refractivity contribution >= 4 is 5.91 Å². The van der Waals surface area contributed by atoms with E-state index < -0.39 is 0 Å². The summed E-state index contributed by atoms with van der Waals surface area (Å²) in [5.74, 6) is -0.0306. The molecule has 2 aromatic rings. The van der Waals surface area contributed by atoms with E-state index in [4.69, 9.17) is 4.74 Å². The number of ether oxygens (including phenoxy) is 1. The minimum absolute atomic E-state index is 0.0954. The molecular formula is C22H28N4O2. The summed E-state index contributed by atoms with van der Waals surface area (Å²) < 4.78 is 5.64. The van der Waals surface area contributed by atoms with Gasteiger partial charge in [-0.2, -0.15) is 0 Å². The predicted molar refractivity (Wildman–Crippen MR) is 108 cm³/mol. The number of aromatic nitrogens is 2. The molecule has 148 valence electrons. The fourth-order valence-electron chi connectivity index (χ4n) is 4.14. The quantitative estimate of drug-likeness (QED) is 0.880. The van der Waals surface area contributed by atoms with Crippen molar-refractivity contribution in [1.82, 2.24) is 20.2 Å². The highest BCUT2D eigenvalue weighted by atomic mass is 16.5. The Kier molecular flexibility index (Phi) is 5.98. The molecule has 0 saturated carbocycles. The van der Waals surface area contributed by atoms with Crippen LogP contribution in [0.3, 0.4) is 0 Å². The number of nitrogens with one attached hydrogen (secondary N) is 1. The van der Waals surface area contributed by atoms with Gasteiger partial charge in [0.25, 0.3) is 0 Å². The first-order chi connectivity index (χ1) is 13.7. The highest BCUT2D eigenvalue weighted by Gasteiger charge is 2.28. The smallest absolute Gasteiger partial charge is 0.224 e. The van der Waals surface area contributed by atoms with E-state index in [1.165, 1.54) is 0 Å². The number of hydrogen-bond acceptors (Lipinski definition) is 5. The summed E-state index contributed by atoms with van der Waals surface area (Å²) in [6.07, 6.45) is 5.44. The molecular weight excluding hydrogens is 352 g/mol. The number of likely N-dealkylation sites (N-methyl/N-ethyl adjacent to an activating group) is 1. The normalized spacial score (nSPS) is 22.9. The van der Waals surface area contributed by atoms with Gasteiger partial charge in [0.15, 0.2) is 0 Å². The number of amides is 1. The van der Waals surface area contributed by atoms with Crippen LogP contribution in [0.2, 0.25) is 0 Å². The molecule has 6 nitrogen and oxygen atoms in total. The Labute approximate surface area is 166 Å². The van der Waals surface area contributed by atoms with Gasteiger partial charge in [0.1, 0.15) is 6.33 Å². The van der Waals surface area contributed by atoms with Crippen LogP contribution in [0.1, 0.15) is 24.1 Å². The molecule has 1 aromatic heterocycles. The van der Waals surface area contributed by atoms with Gasteiger partial charge in [-0.05, 0) is 26.3 Å². The Morgan fingerprint density at radius 3 is 2.93 bits per heavy atom. The molecule has 28 heavy (non-hydrogen) atoms. The molecule has 0 spiro atoms. The topological polar surface area (TPSA) is 67.4 Å². The van der Waals surface area contributed by atoms with Gasteiger partial charge in [-0.1, -0.05) is 30.3 Å². The minimum Gasteiger partial charge on any atom is -0.376 e. The lowest BCUT2D eigenvalue weighted by molar-refractivity contribution is -0.126. The second-order valence-corrected chi connectivity index (χ2v) is 7.81. The molecule has 6 heteroatoms. The second kappa shape index (κ2) is 8.80. The van der Waals surface area contributed by atoms with Gasteiger partial charge in [-0.3, -0.25) is 4.79 Å². The van der Waals surface area contributed by atoms with Crippen LogP contribution in [-0.2, 0) is 22.4 Å². The van der Waals surface area contributed by atoms with Crippen LogP contribution in [0, 0.1) is 5.92 Å². The van der Waals surface area contributed by atoms with Crippen molar-refractivity contribution < 1.29 is 9.53 Å². The van der Waals surface area contributed by atoms with Crippen LogP contribution >= 0.6 is 0 Å². The predicted octanol–water partition coefficient (Wildman–Crippen LogP) is 2.09. The Hall–Kier alpha value is -2.31. The standard InChI is InChI=1S/C22H28N4O2/c1-26-10-9-20-19(21(25-15-24-20)16-6-3-2-4-7-16)12-17(14-26)22(27)23-13-18-8-5-11-28-18/h2-4,6-7,15,17-18H,5,8-14H2,1H3,(H,23,27)/t17-,18-/m1/s1. The molecule has 1 amide bonds. The molecule has 2 aliphatic rings. The van der Waals surface area contributed by atoms with Crippen molar-refractivity contribution in [2.24, 2.45) is 5.92 Å². The first-order valence-electron chi connectivity index (χ1n) is 10.2. The third-order valence-corrected chi connectivity index (χ3v) is 5.69. The van der Waals surface area contributed by atoms with Gasteiger partial charge < -0.3 is 15.0 Å². The van der Waals surface area contributed by atoms with Gasteiger partial charge in [0, 0.05) is 49.5 Å². The molecule has 1 saturated heterocycles. The summed E-state index contributed by atoms with van der Waals surface area (Å²) in [5, 5.41) is 3.12. The largest absolute Gasteiger partial charge is 0.376 e. The minimum atomic E-state index is -0.126. The maximum atomic E-state index is 13.0. The highest BCUT2D eigenvalue weighted by Crippen LogP contribution is 2.27. The van der Waals surface area contributed by atoms with Gasteiger partial charge in [-0.15, -0.1) is 0 Å². The third-order valence-electron chi connectivity index (χ3n) is 5.69. The summed E-state index contributed by atoms with van der Waals surface area (Å²) in [5.41, 5.74) is 4.19. The molecule has 0 aliphatic carbocycles. The van der Waals surface area contributed by atoms with E-state index in [1.54, 1.807) is 6.33 Å². The monoisotopic (exact) mass is 380 g/mol. The summed E-state index contributed by atoms with van der Waals surface area (Å²) in [7, 11) is 2.07. The van der Waals surface area contributed by atoms with Crippen LogP contribution in [0.5, 0.6) is 0 Å². The number of benzene rings is 1. The summed E-state index contributed by atoms with van der Waals surface area (Å²) in [4.78, 5) is 24.3. The van der Waals surface area contributed by atoms with E-state index in [-0.39, 0.29) is 17.9 Å². The lowest BCUT2D eigenvalue weighted by atomic mass is 9.90. The number of carbonyl (C=O) groups is 1. The first kappa shape index (κ1) is 19.0. The molecule has 1 aromatic carbocycles. The van der Waals surface area contributed by atoms with Crippen LogP contribution in [0.4, 0.5) is 0 Å². The van der Waals surface area contributed by atoms with E-state index in [0.29, 0.717) is 13.0 Å². The Morgan fingerprint density at radius 2 is 2.14 bits per heavy atom. The van der Waals surface area contributed by atoms with Gasteiger partial charge in [0.2, 0.25) is 5.91 Å². The zero-order chi connectivity index (χ0) is 19.3. The zero-order valence-corrected chi connectivity index (χ0v) is 16.4. The third kappa shape index (κ3) is 4.39. The lowest BCUT2D eigenvalue weighted by Crippen LogP contribution is -2.43. The summed E-state index contributed by atoms with van der Waals surface area (Å²) in [6.45, 7) is 3.02. The fourth-order valence-corrected chi connectivity index (χ4v) is 4.14. The second-order valence-electron chi connectivity index (χ2n) is 7.81. The molecule has 4 rings (SSSR count). The number of nitrogens with zero attached hydrogens (tertiary/aromatic N) is 3. The van der Waals surface area contributed by atoms with Gasteiger partial charge in [-0.25, -0.2) is 9.97 Å². The zero-order valence-electron chi connectivity index (χ0n) is 16.4. The highest BCUT2D eigenvalue weighted by molar-refractivity contribution is 5.80. The van der Waals surface area contributed by atoms with Crippen LogP contribution in [-0.4, -0.2) is 60.2 Å². The van der Waals surface area contributed by atoms with Crippen molar-refractivity contribution in [1.29, 1.82) is 0 Å². The molecule has 3 heterocycles. The van der Waals surface area contributed by atoms with Crippen molar-refractivity contribution in [3.05, 3.63) is 47.9 Å². The number of carbonyl (C=O) groups excluding carboxylic acids is 1. The number of hydrogen-bond donors (Lipinski definition) is 1. The van der Waals surface area contributed by atoms with Gasteiger partial charge in [0.05, 0.1) is 17.7 Å². The van der Waals surface area contributed by atoms with E-state index in [0.717, 1.165) is 61.5 Å². The van der Waals surface area contributed by atoms with E-state index in [9.17, 15) is 4.79 Å². The molecule has 0 radical (unpaired) electrons. The van der Waals surface area contributed by atoms with E-state index >= 15 is 0 Å². The Morgan fingerprint density at radius 1 is 1.29 bits per heavy atom. The lowest BCUT2D eigenvalue weighted by Gasteiger charge is -2.28. The summed E-state index contributed by atoms with van der Waals surface area (Å²) in [6, 6.07) is 10.2. The van der Waals surface area contributed by atoms with Crippen molar-refractivity contribution in [2.75, 3.05) is 33.3 Å². The molecule has 2 aliphatic heterocycles. The van der Waals surface area contributed by atoms with Crippen LogP contribution < -0.4 is 5.32 Å². The number of rotatable bonds is 4. The van der Waals surface area contributed by atoms with Crippen molar-refractivity contribution in [3.63, 3.8) is 0 Å². The Balaban J connectivity index is 1.58. The van der Waals surface area contributed by atoms with Crippen molar-refractivity contribution in [3.8, 4) is 11.3 Å². The maximum Gasteiger partial charge on any atom is 0.224 e. The fraction of sp³-hybridized carbons (Fsp3) is 0.500. The molecule has 2 atom stereocenters. The molecule has 0 unspecified atom stereocenters. The van der Waals surface area contributed by atoms with E-state index in [2.05, 4.69) is 39.4 Å². The average Bonchev–Trinajstić information content (AvgIpc) is 3.23. The van der Waals surface area contributed by atoms with E-state index in [1.807, 2.05) is 18.2 Å². The summed E-state index contributed by atoms with van der Waals surface area (Å²) >= 11 is 0. The SMILES string of the molecule is CN1CCc2ncnc(-c3ccccc3)c2C[C@@H](C(=O)NC[C@H]2CCCO2)C1. The molecule has 0 bridgehead atoms. The van der Waals surface area contributed by atoms with Crippen LogP contribution in [0.15, 0.2) is 36.7 Å². The molecule has 1 fully saturated rings. The van der Waals surface area contributed by atoms with Crippen molar-refractivity contribution in [2.45, 2.75) is 31.8 Å². The molecule has 1 N–H and O–H groups in total. The van der Waals surface area contributed by atoms with Gasteiger partial charge >= 0.3 is 0 Å². The average molecular weight is 380 g/mol.